The minimum absolute atomic E-state index is 0.322. The Labute approximate surface area is 68.9 Å². The molecule has 0 amide bonds. The van der Waals surface area contributed by atoms with Crippen LogP contribution in [0.25, 0.3) is 0 Å². The van der Waals surface area contributed by atoms with Gasteiger partial charge in [-0.1, -0.05) is 13.8 Å². The average Bonchev–Trinajstić information content (AvgIpc) is 2.05. The molecule has 64 valence electrons. The van der Waals surface area contributed by atoms with Crippen LogP contribution in [0.15, 0.2) is 0 Å². The number of carbonyl (C=O) groups excluding carboxylic acids is 1. The van der Waals surface area contributed by atoms with Crippen molar-refractivity contribution in [3.8, 4) is 0 Å². The molecule has 0 rings (SSSR count). The van der Waals surface area contributed by atoms with Gasteiger partial charge >= 0.3 is 6.08 Å². The number of rotatable bonds is 4. The summed E-state index contributed by atoms with van der Waals surface area (Å²) in [5, 5.41) is 0. The zero-order valence-electron chi connectivity index (χ0n) is 7.92. The van der Waals surface area contributed by atoms with E-state index >= 15 is 0 Å². The summed E-state index contributed by atoms with van der Waals surface area (Å²) in [6, 6.07) is 0.643. The molecule has 0 aliphatic rings. The van der Waals surface area contributed by atoms with Gasteiger partial charge in [-0.3, -0.25) is 0 Å². The largest absolute Gasteiger partial charge is 0.424 e. The standard InChI is InChI=1S/C9H18NO/c1-5-8(3)10(7-11)9(4)6-2/h8-9H,5-6H2,1-4H3/q+1. The van der Waals surface area contributed by atoms with Crippen LogP contribution in [0.4, 0.5) is 0 Å². The van der Waals surface area contributed by atoms with E-state index in [1.54, 1.807) is 4.58 Å². The summed E-state index contributed by atoms with van der Waals surface area (Å²) in [4.78, 5) is 10.5. The van der Waals surface area contributed by atoms with E-state index in [2.05, 4.69) is 27.7 Å². The van der Waals surface area contributed by atoms with Crippen LogP contribution in [-0.2, 0) is 4.79 Å². The second-order valence-corrected chi connectivity index (χ2v) is 3.01. The lowest BCUT2D eigenvalue weighted by Crippen LogP contribution is -2.30. The quantitative estimate of drug-likeness (QED) is 0.346. The Bertz CT molecular complexity index is 147. The lowest BCUT2D eigenvalue weighted by molar-refractivity contribution is -0.592. The van der Waals surface area contributed by atoms with Gasteiger partial charge in [0.2, 0.25) is 0 Å². The Kier molecular flexibility index (Phi) is 4.80. The lowest BCUT2D eigenvalue weighted by atomic mass is 10.2. The van der Waals surface area contributed by atoms with Crippen LogP contribution in [0.2, 0.25) is 0 Å². The molecule has 0 radical (unpaired) electrons. The van der Waals surface area contributed by atoms with E-state index in [1.165, 1.54) is 0 Å². The molecule has 11 heavy (non-hydrogen) atoms. The minimum atomic E-state index is 0.322. The zero-order chi connectivity index (χ0) is 8.85. The maximum Gasteiger partial charge on any atom is 0.424 e. The maximum atomic E-state index is 10.5. The van der Waals surface area contributed by atoms with Crippen LogP contribution in [0, 0.1) is 0 Å². The van der Waals surface area contributed by atoms with E-state index in [0.29, 0.717) is 12.1 Å². The fourth-order valence-corrected chi connectivity index (χ4v) is 1.01. The van der Waals surface area contributed by atoms with Crippen molar-refractivity contribution >= 4 is 6.08 Å². The molecule has 0 aromatic rings. The van der Waals surface area contributed by atoms with Gasteiger partial charge in [-0.25, -0.2) is 0 Å². The Morgan fingerprint density at radius 3 is 1.73 bits per heavy atom. The van der Waals surface area contributed by atoms with E-state index in [0.717, 1.165) is 12.8 Å². The van der Waals surface area contributed by atoms with Gasteiger partial charge in [0.05, 0.1) is 0 Å². The second kappa shape index (κ2) is 5.09. The first-order valence-corrected chi connectivity index (χ1v) is 4.33. The predicted octanol–water partition coefficient (Wildman–Crippen LogP) is 1.93. The highest BCUT2D eigenvalue weighted by atomic mass is 16.1. The van der Waals surface area contributed by atoms with Gasteiger partial charge in [-0.05, 0) is 13.8 Å². The van der Waals surface area contributed by atoms with Crippen molar-refractivity contribution in [3.05, 3.63) is 0 Å². The SMILES string of the molecule is CCC(C)[N+](=C=O)C(C)CC. The molecule has 0 saturated carbocycles. The molecular formula is C9H18NO+. The third-order valence-electron chi connectivity index (χ3n) is 2.24. The van der Waals surface area contributed by atoms with Crippen molar-refractivity contribution in [2.75, 3.05) is 0 Å². The summed E-state index contributed by atoms with van der Waals surface area (Å²) >= 11 is 0. The lowest BCUT2D eigenvalue weighted by Gasteiger charge is -2.09. The van der Waals surface area contributed by atoms with Crippen LogP contribution in [-0.4, -0.2) is 22.7 Å². The molecule has 2 unspecified atom stereocenters. The predicted molar refractivity (Wildman–Crippen MR) is 45.5 cm³/mol. The molecular weight excluding hydrogens is 138 g/mol. The fourth-order valence-electron chi connectivity index (χ4n) is 1.01. The van der Waals surface area contributed by atoms with Gasteiger partial charge in [-0.15, -0.1) is 4.58 Å². The first-order valence-electron chi connectivity index (χ1n) is 4.33. The average molecular weight is 156 g/mol. The van der Waals surface area contributed by atoms with Crippen molar-refractivity contribution in [1.29, 1.82) is 0 Å². The van der Waals surface area contributed by atoms with Crippen molar-refractivity contribution in [2.45, 2.75) is 52.6 Å². The molecule has 0 spiro atoms. The fraction of sp³-hybridized carbons (Fsp3) is 0.889. The smallest absolute Gasteiger partial charge is 0.159 e. The second-order valence-electron chi connectivity index (χ2n) is 3.01. The van der Waals surface area contributed by atoms with E-state index in [-0.39, 0.29) is 0 Å². The van der Waals surface area contributed by atoms with Crippen molar-refractivity contribution in [1.82, 2.24) is 0 Å². The van der Waals surface area contributed by atoms with Gasteiger partial charge in [-0.2, -0.15) is 4.79 Å². The molecule has 0 saturated heterocycles. The van der Waals surface area contributed by atoms with E-state index in [4.69, 9.17) is 0 Å². The molecule has 0 aliphatic heterocycles. The van der Waals surface area contributed by atoms with Crippen molar-refractivity contribution in [2.24, 2.45) is 0 Å². The molecule has 2 atom stereocenters. The van der Waals surface area contributed by atoms with Crippen molar-refractivity contribution in [3.63, 3.8) is 0 Å². The van der Waals surface area contributed by atoms with Crippen LogP contribution >= 0.6 is 0 Å². The van der Waals surface area contributed by atoms with E-state index in [9.17, 15) is 4.79 Å². The van der Waals surface area contributed by atoms with Crippen LogP contribution in [0.3, 0.4) is 0 Å². The molecule has 0 bridgehead atoms. The van der Waals surface area contributed by atoms with Crippen LogP contribution in [0.5, 0.6) is 0 Å². The van der Waals surface area contributed by atoms with Crippen LogP contribution in [0.1, 0.15) is 40.5 Å². The van der Waals surface area contributed by atoms with Gasteiger partial charge in [0.1, 0.15) is 0 Å². The summed E-state index contributed by atoms with van der Waals surface area (Å²) in [6.45, 7) is 8.27. The highest BCUT2D eigenvalue weighted by Gasteiger charge is 2.19. The molecule has 2 nitrogen and oxygen atoms in total. The Balaban J connectivity index is 4.30. The normalized spacial score (nSPS) is 15.3. The summed E-state index contributed by atoms with van der Waals surface area (Å²) < 4.78 is 1.76. The number of hydrogen-bond donors (Lipinski definition) is 0. The molecule has 0 aromatic carbocycles. The number of isocyanates is 1. The van der Waals surface area contributed by atoms with E-state index < -0.39 is 0 Å². The van der Waals surface area contributed by atoms with Gasteiger partial charge < -0.3 is 0 Å². The highest BCUT2D eigenvalue weighted by Crippen LogP contribution is 2.02. The molecule has 0 aliphatic carbocycles. The Morgan fingerprint density at radius 2 is 1.55 bits per heavy atom. The Hall–Kier alpha value is -0.620. The van der Waals surface area contributed by atoms with E-state index in [1.807, 2.05) is 6.08 Å². The third kappa shape index (κ3) is 2.85. The molecule has 0 heterocycles. The van der Waals surface area contributed by atoms with Crippen molar-refractivity contribution < 1.29 is 9.37 Å². The van der Waals surface area contributed by atoms with Gasteiger partial charge in [0.15, 0.2) is 12.1 Å². The van der Waals surface area contributed by atoms with Gasteiger partial charge in [0.25, 0.3) is 0 Å². The summed E-state index contributed by atoms with van der Waals surface area (Å²) in [7, 11) is 0. The maximum absolute atomic E-state index is 10.5. The first kappa shape index (κ1) is 10.4. The summed E-state index contributed by atoms with van der Waals surface area (Å²) in [6.07, 6.45) is 3.99. The van der Waals surface area contributed by atoms with Crippen LogP contribution < -0.4 is 0 Å². The number of hydrogen-bond acceptors (Lipinski definition) is 1. The molecule has 0 N–H and O–H groups in total. The third-order valence-corrected chi connectivity index (χ3v) is 2.24. The molecule has 0 aromatic heterocycles. The summed E-state index contributed by atoms with van der Waals surface area (Å²) in [5.74, 6) is 0. The van der Waals surface area contributed by atoms with Gasteiger partial charge in [0, 0.05) is 12.8 Å². The number of nitrogens with zero attached hydrogens (tertiary/aromatic N) is 1. The minimum Gasteiger partial charge on any atom is -0.159 e. The highest BCUT2D eigenvalue weighted by molar-refractivity contribution is 5.25. The topological polar surface area (TPSA) is 20.1 Å². The molecule has 2 heteroatoms. The first-order chi connectivity index (χ1) is 5.17. The summed E-state index contributed by atoms with van der Waals surface area (Å²) in [5.41, 5.74) is 0. The molecule has 0 fully saturated rings. The Morgan fingerprint density at radius 1 is 1.18 bits per heavy atom. The zero-order valence-corrected chi connectivity index (χ0v) is 7.92. The monoisotopic (exact) mass is 156 g/mol.